The maximum absolute atomic E-state index is 4.27. The second-order valence-corrected chi connectivity index (χ2v) is 2.00. The lowest BCUT2D eigenvalue weighted by Crippen LogP contribution is -2.32. The molecule has 0 saturated heterocycles. The van der Waals surface area contributed by atoms with Crippen molar-refractivity contribution in [3.8, 4) is 0 Å². The number of rotatable bonds is 5. The molecule has 0 heterocycles. The van der Waals surface area contributed by atoms with Gasteiger partial charge in [0.1, 0.15) is 0 Å². The smallest absolute Gasteiger partial charge is 0.0278 e. The van der Waals surface area contributed by atoms with Crippen LogP contribution in [0, 0.1) is 0 Å². The molecule has 2 heteroatoms. The minimum absolute atomic E-state index is 0.911. The molecule has 0 amide bonds. The summed E-state index contributed by atoms with van der Waals surface area (Å²) in [5, 5.41) is 2.11. The fourth-order valence-electron chi connectivity index (χ4n) is 0.787. The first-order valence-corrected chi connectivity index (χ1v) is 3.77. The maximum Gasteiger partial charge on any atom is 0.0278 e. The van der Waals surface area contributed by atoms with Crippen molar-refractivity contribution in [3.63, 3.8) is 0 Å². The molecule has 0 rings (SSSR count). The second-order valence-electron chi connectivity index (χ2n) is 2.00. The molecule has 0 N–H and O–H groups in total. The van der Waals surface area contributed by atoms with Crippen LogP contribution >= 0.6 is 0 Å². The van der Waals surface area contributed by atoms with Crippen molar-refractivity contribution < 1.29 is 0 Å². The van der Waals surface area contributed by atoms with Crippen LogP contribution in [0.25, 0.3) is 0 Å². The summed E-state index contributed by atoms with van der Waals surface area (Å²) in [6.07, 6.45) is 1.19. The van der Waals surface area contributed by atoms with E-state index < -0.39 is 0 Å². The van der Waals surface area contributed by atoms with E-state index in [0.29, 0.717) is 0 Å². The van der Waals surface area contributed by atoms with Crippen molar-refractivity contribution in [1.29, 1.82) is 0 Å². The van der Waals surface area contributed by atoms with Gasteiger partial charge in [0.25, 0.3) is 0 Å². The van der Waals surface area contributed by atoms with Gasteiger partial charge in [-0.25, -0.2) is 5.01 Å². The summed E-state index contributed by atoms with van der Waals surface area (Å²) in [5.41, 5.74) is 4.27. The Labute approximate surface area is 58.2 Å². The number of nitrogens with zero attached hydrogens (tertiary/aromatic N) is 2. The molecule has 0 fully saturated rings. The predicted octanol–water partition coefficient (Wildman–Crippen LogP) is 1.26. The van der Waals surface area contributed by atoms with E-state index in [2.05, 4.69) is 31.2 Å². The molecule has 2 nitrogen and oxygen atoms in total. The van der Waals surface area contributed by atoms with Gasteiger partial charge in [-0.3, -0.25) is 0 Å². The zero-order valence-electron chi connectivity index (χ0n) is 6.72. The molecule has 55 valence electrons. The molecule has 0 aromatic heterocycles. The Morgan fingerprint density at radius 3 is 2.22 bits per heavy atom. The van der Waals surface area contributed by atoms with Crippen molar-refractivity contribution in [2.45, 2.75) is 27.2 Å². The molecule has 0 aromatic carbocycles. The van der Waals surface area contributed by atoms with E-state index >= 15 is 0 Å². The second kappa shape index (κ2) is 6.05. The molecule has 0 aromatic rings. The first-order chi connectivity index (χ1) is 4.35. The Balaban J connectivity index is 3.18. The van der Waals surface area contributed by atoms with Crippen molar-refractivity contribution >= 4 is 0 Å². The molecule has 9 heavy (non-hydrogen) atoms. The Morgan fingerprint density at radius 2 is 1.89 bits per heavy atom. The van der Waals surface area contributed by atoms with Gasteiger partial charge in [0.15, 0.2) is 0 Å². The lowest BCUT2D eigenvalue weighted by atomic mass is 10.4. The molecular formula is C7H17N2. The predicted molar refractivity (Wildman–Crippen MR) is 40.2 cm³/mol. The standard InChI is InChI=1S/C7H17N2/c1-4-7-9(6-3)8-5-2/h4-7H2,1-3H3. The fraction of sp³-hybridized carbons (Fsp3) is 1.00. The summed E-state index contributed by atoms with van der Waals surface area (Å²) < 4.78 is 0. The summed E-state index contributed by atoms with van der Waals surface area (Å²) in [4.78, 5) is 0. The van der Waals surface area contributed by atoms with Gasteiger partial charge in [0.2, 0.25) is 0 Å². The van der Waals surface area contributed by atoms with E-state index in [1.165, 1.54) is 6.42 Å². The molecule has 0 bridgehead atoms. The molecule has 0 aliphatic rings. The van der Waals surface area contributed by atoms with E-state index in [1.807, 2.05) is 0 Å². The third-order valence-electron chi connectivity index (χ3n) is 1.19. The van der Waals surface area contributed by atoms with Crippen LogP contribution in [0.2, 0.25) is 0 Å². The molecule has 0 spiro atoms. The van der Waals surface area contributed by atoms with E-state index in [1.54, 1.807) is 0 Å². The minimum Gasteiger partial charge on any atom is -0.227 e. The van der Waals surface area contributed by atoms with Crippen LogP contribution < -0.4 is 5.43 Å². The third kappa shape index (κ3) is 4.43. The Bertz CT molecular complexity index is 48.9. The number of hydrogen-bond donors (Lipinski definition) is 0. The van der Waals surface area contributed by atoms with Crippen LogP contribution in [0.1, 0.15) is 27.2 Å². The van der Waals surface area contributed by atoms with Crippen molar-refractivity contribution in [1.82, 2.24) is 10.4 Å². The monoisotopic (exact) mass is 129 g/mol. The van der Waals surface area contributed by atoms with Gasteiger partial charge in [0.05, 0.1) is 0 Å². The third-order valence-corrected chi connectivity index (χ3v) is 1.19. The van der Waals surface area contributed by atoms with E-state index in [-0.39, 0.29) is 0 Å². The molecule has 0 unspecified atom stereocenters. The van der Waals surface area contributed by atoms with Gasteiger partial charge in [0, 0.05) is 19.6 Å². The average Bonchev–Trinajstić information content (AvgIpc) is 1.88. The zero-order chi connectivity index (χ0) is 7.11. The Morgan fingerprint density at radius 1 is 1.22 bits per heavy atom. The van der Waals surface area contributed by atoms with E-state index in [0.717, 1.165) is 19.6 Å². The molecule has 0 aliphatic carbocycles. The van der Waals surface area contributed by atoms with Gasteiger partial charge in [-0.15, -0.1) is 0 Å². The zero-order valence-corrected chi connectivity index (χ0v) is 6.72. The highest BCUT2D eigenvalue weighted by Crippen LogP contribution is 1.85. The van der Waals surface area contributed by atoms with Crippen molar-refractivity contribution in [2.24, 2.45) is 0 Å². The Kier molecular flexibility index (Phi) is 5.99. The molecular weight excluding hydrogens is 112 g/mol. The van der Waals surface area contributed by atoms with Crippen LogP contribution in [-0.4, -0.2) is 24.6 Å². The fourth-order valence-corrected chi connectivity index (χ4v) is 0.787. The van der Waals surface area contributed by atoms with Crippen LogP contribution in [0.4, 0.5) is 0 Å². The summed E-state index contributed by atoms with van der Waals surface area (Å²) >= 11 is 0. The van der Waals surface area contributed by atoms with Crippen molar-refractivity contribution in [3.05, 3.63) is 0 Å². The van der Waals surface area contributed by atoms with Gasteiger partial charge in [-0.05, 0) is 13.3 Å². The van der Waals surface area contributed by atoms with Gasteiger partial charge in [-0.1, -0.05) is 13.8 Å². The van der Waals surface area contributed by atoms with Crippen LogP contribution in [0.5, 0.6) is 0 Å². The first-order valence-electron chi connectivity index (χ1n) is 3.77. The highest BCUT2D eigenvalue weighted by atomic mass is 15.5. The van der Waals surface area contributed by atoms with Crippen molar-refractivity contribution in [2.75, 3.05) is 19.6 Å². The summed E-state index contributed by atoms with van der Waals surface area (Å²) in [6, 6.07) is 0. The van der Waals surface area contributed by atoms with Gasteiger partial charge < -0.3 is 0 Å². The van der Waals surface area contributed by atoms with Crippen LogP contribution in [0.15, 0.2) is 0 Å². The molecule has 0 saturated carbocycles. The van der Waals surface area contributed by atoms with E-state index in [9.17, 15) is 0 Å². The molecule has 0 atom stereocenters. The van der Waals surface area contributed by atoms with Crippen LogP contribution in [0.3, 0.4) is 0 Å². The Hall–Kier alpha value is -0.0800. The quantitative estimate of drug-likeness (QED) is 0.511. The maximum atomic E-state index is 4.27. The summed E-state index contributed by atoms with van der Waals surface area (Å²) in [5.74, 6) is 0. The lowest BCUT2D eigenvalue weighted by Gasteiger charge is -2.16. The SMILES string of the molecule is CCCN(CC)[N]CC. The molecule has 1 radical (unpaired) electrons. The lowest BCUT2D eigenvalue weighted by molar-refractivity contribution is 0.195. The largest absolute Gasteiger partial charge is 0.227 e. The first kappa shape index (κ1) is 8.92. The molecule has 0 aliphatic heterocycles. The highest BCUT2D eigenvalue weighted by molar-refractivity contribution is 4.44. The minimum atomic E-state index is 0.911. The topological polar surface area (TPSA) is 17.3 Å². The van der Waals surface area contributed by atoms with Gasteiger partial charge >= 0.3 is 0 Å². The summed E-state index contributed by atoms with van der Waals surface area (Å²) in [6.45, 7) is 9.43. The van der Waals surface area contributed by atoms with E-state index in [4.69, 9.17) is 0 Å². The average molecular weight is 129 g/mol. The number of hydrogen-bond acceptors (Lipinski definition) is 1. The summed E-state index contributed by atoms with van der Waals surface area (Å²) in [7, 11) is 0. The normalized spacial score (nSPS) is 10.7. The highest BCUT2D eigenvalue weighted by Gasteiger charge is 1.96. The van der Waals surface area contributed by atoms with Gasteiger partial charge in [-0.2, -0.15) is 5.43 Å². The van der Waals surface area contributed by atoms with Crippen LogP contribution in [-0.2, 0) is 0 Å².